The standard InChI is InChI=1S/C17H18N4O/c22-16-10-15(13-6-8-18-9-7-13)20-17-14(11-19-21(16)17)12-4-2-1-3-5-12/h1-5,10-11,13,18-19H,6-9H2. The Morgan fingerprint density at radius 1 is 1.14 bits per heavy atom. The number of benzene rings is 1. The Labute approximate surface area is 128 Å². The Balaban J connectivity index is 1.86. The number of H-pyrrole nitrogens is 1. The van der Waals surface area contributed by atoms with Crippen LogP contribution in [0, 0.1) is 0 Å². The summed E-state index contributed by atoms with van der Waals surface area (Å²) in [6, 6.07) is 11.7. The van der Waals surface area contributed by atoms with Crippen LogP contribution in [0.25, 0.3) is 16.8 Å². The van der Waals surface area contributed by atoms with Crippen LogP contribution in [-0.2, 0) is 0 Å². The van der Waals surface area contributed by atoms with Gasteiger partial charge in [0, 0.05) is 23.7 Å². The quantitative estimate of drug-likeness (QED) is 0.761. The molecule has 0 aliphatic carbocycles. The van der Waals surface area contributed by atoms with Gasteiger partial charge in [0.05, 0.1) is 5.69 Å². The molecule has 4 rings (SSSR count). The summed E-state index contributed by atoms with van der Waals surface area (Å²) in [6.45, 7) is 1.98. The third-order valence-electron chi connectivity index (χ3n) is 4.36. The van der Waals surface area contributed by atoms with Gasteiger partial charge in [-0.15, -0.1) is 0 Å². The average molecular weight is 294 g/mol. The van der Waals surface area contributed by atoms with Crippen molar-refractivity contribution in [2.24, 2.45) is 0 Å². The van der Waals surface area contributed by atoms with Crippen molar-refractivity contribution in [3.63, 3.8) is 0 Å². The van der Waals surface area contributed by atoms with E-state index in [0.29, 0.717) is 11.6 Å². The van der Waals surface area contributed by atoms with Crippen LogP contribution in [0.4, 0.5) is 0 Å². The summed E-state index contributed by atoms with van der Waals surface area (Å²) in [7, 11) is 0. The fourth-order valence-corrected chi connectivity index (χ4v) is 3.16. The molecule has 0 bridgehead atoms. The second-order valence-electron chi connectivity index (χ2n) is 5.76. The summed E-state index contributed by atoms with van der Waals surface area (Å²) in [5.74, 6) is 0.373. The summed E-state index contributed by atoms with van der Waals surface area (Å²) >= 11 is 0. The van der Waals surface area contributed by atoms with Gasteiger partial charge in [-0.1, -0.05) is 30.3 Å². The molecule has 0 atom stereocenters. The normalized spacial score (nSPS) is 16.2. The molecule has 3 heterocycles. The lowest BCUT2D eigenvalue weighted by molar-refractivity contribution is 0.453. The van der Waals surface area contributed by atoms with Gasteiger partial charge in [0.15, 0.2) is 5.65 Å². The van der Waals surface area contributed by atoms with E-state index in [0.717, 1.165) is 42.8 Å². The molecule has 1 aliphatic heterocycles. The molecule has 22 heavy (non-hydrogen) atoms. The first-order chi connectivity index (χ1) is 10.8. The third-order valence-corrected chi connectivity index (χ3v) is 4.36. The Morgan fingerprint density at radius 3 is 2.68 bits per heavy atom. The Morgan fingerprint density at radius 2 is 1.91 bits per heavy atom. The van der Waals surface area contributed by atoms with E-state index < -0.39 is 0 Å². The second kappa shape index (κ2) is 5.42. The molecular weight excluding hydrogens is 276 g/mol. The molecule has 112 valence electrons. The highest BCUT2D eigenvalue weighted by atomic mass is 16.1. The summed E-state index contributed by atoms with van der Waals surface area (Å²) in [5.41, 5.74) is 3.63. The largest absolute Gasteiger partial charge is 0.317 e. The number of aromatic nitrogens is 3. The van der Waals surface area contributed by atoms with E-state index in [2.05, 4.69) is 10.4 Å². The van der Waals surface area contributed by atoms with E-state index in [1.165, 1.54) is 4.52 Å². The molecule has 5 nitrogen and oxygen atoms in total. The van der Waals surface area contributed by atoms with Crippen molar-refractivity contribution >= 4 is 5.65 Å². The van der Waals surface area contributed by atoms with Crippen LogP contribution in [0.15, 0.2) is 47.4 Å². The van der Waals surface area contributed by atoms with Crippen LogP contribution in [0.3, 0.4) is 0 Å². The number of hydrogen-bond donors (Lipinski definition) is 2. The van der Waals surface area contributed by atoms with Gasteiger partial charge in [-0.25, -0.2) is 9.50 Å². The van der Waals surface area contributed by atoms with E-state index in [1.54, 1.807) is 6.07 Å². The smallest absolute Gasteiger partial charge is 0.272 e. The number of nitrogens with one attached hydrogen (secondary N) is 2. The van der Waals surface area contributed by atoms with Gasteiger partial charge in [0.2, 0.25) is 0 Å². The lowest BCUT2D eigenvalue weighted by Crippen LogP contribution is -2.28. The van der Waals surface area contributed by atoms with Gasteiger partial charge >= 0.3 is 0 Å². The van der Waals surface area contributed by atoms with E-state index in [-0.39, 0.29) is 5.56 Å². The highest BCUT2D eigenvalue weighted by Crippen LogP contribution is 2.26. The first-order valence-electron chi connectivity index (χ1n) is 7.70. The van der Waals surface area contributed by atoms with Gasteiger partial charge in [0.1, 0.15) is 0 Å². The molecule has 1 saturated heterocycles. The van der Waals surface area contributed by atoms with E-state index in [1.807, 2.05) is 36.5 Å². The predicted molar refractivity (Wildman–Crippen MR) is 86.1 cm³/mol. The predicted octanol–water partition coefficient (Wildman–Crippen LogP) is 2.16. The molecule has 0 unspecified atom stereocenters. The van der Waals surface area contributed by atoms with Crippen LogP contribution in [0.1, 0.15) is 24.5 Å². The summed E-state index contributed by atoms with van der Waals surface area (Å²) in [5, 5.41) is 6.37. The fraction of sp³-hybridized carbons (Fsp3) is 0.294. The molecule has 3 aromatic rings. The topological polar surface area (TPSA) is 62.2 Å². The van der Waals surface area contributed by atoms with Gasteiger partial charge in [0.25, 0.3) is 5.56 Å². The fourth-order valence-electron chi connectivity index (χ4n) is 3.16. The number of fused-ring (bicyclic) bond motifs is 1. The molecule has 2 N–H and O–H groups in total. The summed E-state index contributed by atoms with van der Waals surface area (Å²) in [4.78, 5) is 17.2. The van der Waals surface area contributed by atoms with Crippen molar-refractivity contribution in [2.45, 2.75) is 18.8 Å². The maximum absolute atomic E-state index is 12.4. The highest BCUT2D eigenvalue weighted by Gasteiger charge is 2.19. The van der Waals surface area contributed by atoms with Crippen LogP contribution in [0.5, 0.6) is 0 Å². The van der Waals surface area contributed by atoms with E-state index >= 15 is 0 Å². The zero-order chi connectivity index (χ0) is 14.9. The Kier molecular flexibility index (Phi) is 3.27. The zero-order valence-corrected chi connectivity index (χ0v) is 12.2. The molecule has 1 aliphatic rings. The van der Waals surface area contributed by atoms with Gasteiger partial charge in [-0.05, 0) is 31.5 Å². The summed E-state index contributed by atoms with van der Waals surface area (Å²) < 4.78 is 1.52. The first kappa shape index (κ1) is 13.3. The summed E-state index contributed by atoms with van der Waals surface area (Å²) in [6.07, 6.45) is 3.92. The van der Waals surface area contributed by atoms with Crippen LogP contribution in [0.2, 0.25) is 0 Å². The van der Waals surface area contributed by atoms with Crippen LogP contribution < -0.4 is 10.9 Å². The van der Waals surface area contributed by atoms with Crippen molar-refractivity contribution < 1.29 is 0 Å². The van der Waals surface area contributed by atoms with Crippen LogP contribution in [-0.4, -0.2) is 27.7 Å². The maximum atomic E-state index is 12.4. The monoisotopic (exact) mass is 294 g/mol. The number of rotatable bonds is 2. The minimum absolute atomic E-state index is 0.0410. The minimum Gasteiger partial charge on any atom is -0.317 e. The molecule has 1 aromatic carbocycles. The first-order valence-corrected chi connectivity index (χ1v) is 7.70. The molecule has 1 fully saturated rings. The van der Waals surface area contributed by atoms with Gasteiger partial charge in [-0.3, -0.25) is 9.89 Å². The zero-order valence-electron chi connectivity index (χ0n) is 12.2. The van der Waals surface area contributed by atoms with Crippen LogP contribution >= 0.6 is 0 Å². The molecule has 5 heteroatoms. The highest BCUT2D eigenvalue weighted by molar-refractivity contribution is 5.76. The number of hydrogen-bond acceptors (Lipinski definition) is 3. The minimum atomic E-state index is -0.0410. The molecule has 0 spiro atoms. The SMILES string of the molecule is O=c1cc(C2CCNCC2)nc2c(-c3ccccc3)c[nH]n12. The number of nitrogens with zero attached hydrogens (tertiary/aromatic N) is 2. The second-order valence-corrected chi connectivity index (χ2v) is 5.76. The molecule has 0 saturated carbocycles. The van der Waals surface area contributed by atoms with Crippen molar-refractivity contribution in [3.05, 3.63) is 58.6 Å². The average Bonchev–Trinajstić information content (AvgIpc) is 3.01. The lowest BCUT2D eigenvalue weighted by atomic mass is 9.94. The maximum Gasteiger partial charge on any atom is 0.272 e. The molecule has 0 radical (unpaired) electrons. The molecule has 2 aromatic heterocycles. The lowest BCUT2D eigenvalue weighted by Gasteiger charge is -2.21. The van der Waals surface area contributed by atoms with Crippen molar-refractivity contribution in [3.8, 4) is 11.1 Å². The Bertz CT molecular complexity index is 844. The van der Waals surface area contributed by atoms with Crippen molar-refractivity contribution in [1.82, 2.24) is 19.9 Å². The van der Waals surface area contributed by atoms with Gasteiger partial charge in [-0.2, -0.15) is 0 Å². The van der Waals surface area contributed by atoms with Crippen molar-refractivity contribution in [2.75, 3.05) is 13.1 Å². The van der Waals surface area contributed by atoms with Crippen molar-refractivity contribution in [1.29, 1.82) is 0 Å². The number of aromatic amines is 1. The molecular formula is C17H18N4O. The third kappa shape index (κ3) is 2.23. The number of piperidine rings is 1. The van der Waals surface area contributed by atoms with E-state index in [9.17, 15) is 4.79 Å². The Hall–Kier alpha value is -2.40. The molecule has 0 amide bonds. The van der Waals surface area contributed by atoms with E-state index in [4.69, 9.17) is 4.98 Å². The van der Waals surface area contributed by atoms with Gasteiger partial charge < -0.3 is 5.32 Å².